The van der Waals surface area contributed by atoms with Crippen molar-refractivity contribution in [3.05, 3.63) is 0 Å². The van der Waals surface area contributed by atoms with Crippen molar-refractivity contribution in [2.75, 3.05) is 26.4 Å². The highest BCUT2D eigenvalue weighted by Crippen LogP contribution is 2.36. The Morgan fingerprint density at radius 1 is 1.38 bits per heavy atom. The molecule has 0 aromatic carbocycles. The van der Waals surface area contributed by atoms with Crippen LogP contribution in [0.4, 0.5) is 0 Å². The third-order valence-corrected chi connectivity index (χ3v) is 4.76. The first-order valence-corrected chi connectivity index (χ1v) is 8.00. The molecule has 1 unspecified atom stereocenters. The lowest BCUT2D eigenvalue weighted by atomic mass is 9.83. The Morgan fingerprint density at radius 2 is 2.10 bits per heavy atom. The van der Waals surface area contributed by atoms with Crippen molar-refractivity contribution in [3.63, 3.8) is 0 Å². The largest absolute Gasteiger partial charge is 0.409 e. The van der Waals surface area contributed by atoms with Crippen molar-refractivity contribution in [2.45, 2.75) is 63.6 Å². The molecule has 6 heteroatoms. The lowest BCUT2D eigenvalue weighted by Gasteiger charge is -2.47. The van der Waals surface area contributed by atoms with E-state index in [0.717, 1.165) is 52.0 Å². The molecule has 0 aromatic heterocycles. The summed E-state index contributed by atoms with van der Waals surface area (Å²) < 4.78 is 11.6. The van der Waals surface area contributed by atoms with Gasteiger partial charge in [-0.05, 0) is 39.5 Å². The Balaban J connectivity index is 1.98. The van der Waals surface area contributed by atoms with Gasteiger partial charge in [0.2, 0.25) is 0 Å². The average molecular weight is 299 g/mol. The van der Waals surface area contributed by atoms with Gasteiger partial charge in [0.1, 0.15) is 5.84 Å². The molecule has 0 aromatic rings. The quantitative estimate of drug-likeness (QED) is 0.348. The first-order chi connectivity index (χ1) is 10.1. The molecule has 2 aliphatic heterocycles. The van der Waals surface area contributed by atoms with Crippen LogP contribution in [-0.4, -0.2) is 60.0 Å². The SMILES string of the molecule is CC(C)N(CCC(N)=NO)C1CCOC2(CCOCC2)C1. The third-order valence-electron chi connectivity index (χ3n) is 4.76. The van der Waals surface area contributed by atoms with Crippen molar-refractivity contribution >= 4 is 5.84 Å². The summed E-state index contributed by atoms with van der Waals surface area (Å²) in [7, 11) is 0. The molecule has 0 saturated carbocycles. The molecule has 0 bridgehead atoms. The van der Waals surface area contributed by atoms with Gasteiger partial charge < -0.3 is 20.4 Å². The van der Waals surface area contributed by atoms with Gasteiger partial charge >= 0.3 is 0 Å². The smallest absolute Gasteiger partial charge is 0.140 e. The number of rotatable bonds is 5. The van der Waals surface area contributed by atoms with Gasteiger partial charge in [-0.15, -0.1) is 0 Å². The molecule has 2 heterocycles. The molecule has 0 radical (unpaired) electrons. The van der Waals surface area contributed by atoms with Crippen LogP contribution in [0.3, 0.4) is 0 Å². The zero-order valence-electron chi connectivity index (χ0n) is 13.3. The third kappa shape index (κ3) is 4.31. The highest BCUT2D eigenvalue weighted by atomic mass is 16.5. The van der Waals surface area contributed by atoms with Crippen molar-refractivity contribution in [1.82, 2.24) is 4.90 Å². The summed E-state index contributed by atoms with van der Waals surface area (Å²) in [6, 6.07) is 0.944. The fraction of sp³-hybridized carbons (Fsp3) is 0.933. The minimum absolute atomic E-state index is 0.00488. The maximum Gasteiger partial charge on any atom is 0.140 e. The first-order valence-electron chi connectivity index (χ1n) is 8.00. The second kappa shape index (κ2) is 7.42. The number of amidine groups is 1. The van der Waals surface area contributed by atoms with Crippen LogP contribution in [0, 0.1) is 0 Å². The lowest BCUT2D eigenvalue weighted by molar-refractivity contribution is -0.153. The van der Waals surface area contributed by atoms with Gasteiger partial charge in [0.25, 0.3) is 0 Å². The maximum absolute atomic E-state index is 8.71. The average Bonchev–Trinajstić information content (AvgIpc) is 2.47. The van der Waals surface area contributed by atoms with Crippen molar-refractivity contribution in [3.8, 4) is 0 Å². The molecule has 3 N–H and O–H groups in total. The second-order valence-corrected chi connectivity index (χ2v) is 6.46. The van der Waals surface area contributed by atoms with E-state index in [9.17, 15) is 0 Å². The van der Waals surface area contributed by atoms with E-state index in [0.29, 0.717) is 24.3 Å². The van der Waals surface area contributed by atoms with Gasteiger partial charge in [-0.25, -0.2) is 0 Å². The van der Waals surface area contributed by atoms with Crippen molar-refractivity contribution < 1.29 is 14.7 Å². The maximum atomic E-state index is 8.71. The van der Waals surface area contributed by atoms with Gasteiger partial charge in [-0.3, -0.25) is 4.90 Å². The molecule has 2 rings (SSSR count). The molecule has 2 fully saturated rings. The van der Waals surface area contributed by atoms with Crippen molar-refractivity contribution in [1.29, 1.82) is 0 Å². The highest BCUT2D eigenvalue weighted by molar-refractivity contribution is 5.79. The molecular formula is C15H29N3O3. The summed E-state index contributed by atoms with van der Waals surface area (Å²) in [5.74, 6) is 0.300. The Morgan fingerprint density at radius 3 is 2.71 bits per heavy atom. The van der Waals surface area contributed by atoms with Gasteiger partial charge in [0.05, 0.1) is 5.60 Å². The number of oxime groups is 1. The molecule has 2 aliphatic rings. The Kier molecular flexibility index (Phi) is 5.84. The molecule has 1 atom stereocenters. The second-order valence-electron chi connectivity index (χ2n) is 6.46. The fourth-order valence-electron chi connectivity index (χ4n) is 3.53. The number of nitrogens with two attached hydrogens (primary N) is 1. The number of nitrogens with zero attached hydrogens (tertiary/aromatic N) is 2. The summed E-state index contributed by atoms with van der Waals surface area (Å²) in [6.07, 6.45) is 4.70. The van der Waals surface area contributed by atoms with Crippen LogP contribution in [0.25, 0.3) is 0 Å². The fourth-order valence-corrected chi connectivity index (χ4v) is 3.53. The summed E-state index contributed by atoms with van der Waals surface area (Å²) in [6.45, 7) is 7.66. The molecule has 1 spiro atoms. The standard InChI is InChI=1S/C15H29N3O3/c1-12(2)18(7-3-14(16)17-19)13-4-8-21-15(11-13)5-9-20-10-6-15/h12-13,19H,3-11H2,1-2H3,(H2,16,17). The number of hydrogen-bond acceptors (Lipinski definition) is 5. The minimum Gasteiger partial charge on any atom is -0.409 e. The van der Waals surface area contributed by atoms with Crippen LogP contribution in [0.2, 0.25) is 0 Å². The predicted molar refractivity (Wildman–Crippen MR) is 81.6 cm³/mol. The number of hydrogen-bond donors (Lipinski definition) is 2. The van der Waals surface area contributed by atoms with E-state index in [4.69, 9.17) is 20.4 Å². The molecule has 0 aliphatic carbocycles. The van der Waals surface area contributed by atoms with Gasteiger partial charge in [-0.1, -0.05) is 5.16 Å². The molecule has 2 saturated heterocycles. The van der Waals surface area contributed by atoms with Crippen LogP contribution in [0.1, 0.15) is 46.0 Å². The van der Waals surface area contributed by atoms with E-state index in [1.807, 2.05) is 0 Å². The zero-order valence-corrected chi connectivity index (χ0v) is 13.3. The Bertz CT molecular complexity index is 349. The minimum atomic E-state index is 0.00488. The normalized spacial score (nSPS) is 26.7. The van der Waals surface area contributed by atoms with E-state index < -0.39 is 0 Å². The molecular weight excluding hydrogens is 270 g/mol. The summed E-state index contributed by atoms with van der Waals surface area (Å²) >= 11 is 0. The van der Waals surface area contributed by atoms with Crippen molar-refractivity contribution in [2.24, 2.45) is 10.9 Å². The highest BCUT2D eigenvalue weighted by Gasteiger charge is 2.41. The van der Waals surface area contributed by atoms with Crippen LogP contribution in [0.15, 0.2) is 5.16 Å². The molecule has 0 amide bonds. The van der Waals surface area contributed by atoms with E-state index in [1.54, 1.807) is 0 Å². The Hall–Kier alpha value is -0.850. The van der Waals surface area contributed by atoms with Crippen LogP contribution >= 0.6 is 0 Å². The molecule has 6 nitrogen and oxygen atoms in total. The summed E-state index contributed by atoms with van der Waals surface area (Å²) in [5.41, 5.74) is 5.62. The van der Waals surface area contributed by atoms with Gasteiger partial charge in [0.15, 0.2) is 0 Å². The van der Waals surface area contributed by atoms with Crippen LogP contribution in [0.5, 0.6) is 0 Å². The van der Waals surface area contributed by atoms with Gasteiger partial charge in [-0.2, -0.15) is 0 Å². The summed E-state index contributed by atoms with van der Waals surface area (Å²) in [4.78, 5) is 2.47. The van der Waals surface area contributed by atoms with E-state index in [-0.39, 0.29) is 5.60 Å². The first kappa shape index (κ1) is 16.5. The molecule has 122 valence electrons. The van der Waals surface area contributed by atoms with E-state index in [1.165, 1.54) is 0 Å². The molecule has 21 heavy (non-hydrogen) atoms. The van der Waals surface area contributed by atoms with Crippen LogP contribution < -0.4 is 5.73 Å². The number of ether oxygens (including phenoxy) is 2. The van der Waals surface area contributed by atoms with E-state index >= 15 is 0 Å². The Labute approximate surface area is 127 Å². The topological polar surface area (TPSA) is 80.3 Å². The van der Waals surface area contributed by atoms with Gasteiger partial charge in [0, 0.05) is 44.9 Å². The summed E-state index contributed by atoms with van der Waals surface area (Å²) in [5, 5.41) is 11.8. The zero-order chi connectivity index (χ0) is 15.3. The predicted octanol–water partition coefficient (Wildman–Crippen LogP) is 1.56. The lowest BCUT2D eigenvalue weighted by Crippen LogP contribution is -2.53. The van der Waals surface area contributed by atoms with Crippen LogP contribution in [-0.2, 0) is 9.47 Å². The van der Waals surface area contributed by atoms with E-state index in [2.05, 4.69) is 23.9 Å². The monoisotopic (exact) mass is 299 g/mol.